The molecule has 25 heavy (non-hydrogen) atoms. The van der Waals surface area contributed by atoms with Crippen molar-refractivity contribution in [1.82, 2.24) is 9.97 Å². The minimum absolute atomic E-state index is 0.288. The van der Waals surface area contributed by atoms with Gasteiger partial charge in [-0.25, -0.2) is 9.97 Å². The van der Waals surface area contributed by atoms with Crippen LogP contribution in [0.25, 0.3) is 21.7 Å². The molecule has 5 heteroatoms. The van der Waals surface area contributed by atoms with Gasteiger partial charge in [-0.2, -0.15) is 0 Å². The average Bonchev–Trinajstić information content (AvgIpc) is 3.12. The van der Waals surface area contributed by atoms with E-state index in [1.807, 2.05) is 30.3 Å². The van der Waals surface area contributed by atoms with Crippen LogP contribution < -0.4 is 14.8 Å². The van der Waals surface area contributed by atoms with Crippen molar-refractivity contribution in [2.24, 2.45) is 0 Å². The van der Waals surface area contributed by atoms with Crippen molar-refractivity contribution in [1.29, 1.82) is 0 Å². The Bertz CT molecular complexity index is 1090. The molecule has 0 fully saturated rings. The Hall–Kier alpha value is -3.34. The number of ether oxygens (including phenoxy) is 2. The Labute approximate surface area is 144 Å². The monoisotopic (exact) mass is 329 g/mol. The smallest absolute Gasteiger partial charge is 0.231 e. The summed E-state index contributed by atoms with van der Waals surface area (Å²) in [5.74, 6) is 2.41. The van der Waals surface area contributed by atoms with E-state index in [0.717, 1.165) is 33.8 Å². The fourth-order valence-corrected chi connectivity index (χ4v) is 3.12. The molecule has 1 aromatic heterocycles. The van der Waals surface area contributed by atoms with Crippen LogP contribution in [0.15, 0.2) is 60.9 Å². The zero-order valence-electron chi connectivity index (χ0n) is 13.4. The third-order valence-corrected chi connectivity index (χ3v) is 4.40. The molecule has 2 heterocycles. The van der Waals surface area contributed by atoms with E-state index >= 15 is 0 Å². The number of benzene rings is 3. The van der Waals surface area contributed by atoms with Crippen LogP contribution in [0.3, 0.4) is 0 Å². The van der Waals surface area contributed by atoms with E-state index in [-0.39, 0.29) is 6.79 Å². The van der Waals surface area contributed by atoms with E-state index < -0.39 is 0 Å². The molecule has 122 valence electrons. The number of fused-ring (bicyclic) bond motifs is 3. The molecule has 5 nitrogen and oxygen atoms in total. The van der Waals surface area contributed by atoms with Gasteiger partial charge in [0.1, 0.15) is 12.1 Å². The van der Waals surface area contributed by atoms with E-state index in [4.69, 9.17) is 9.47 Å². The molecule has 1 N–H and O–H groups in total. The lowest BCUT2D eigenvalue weighted by atomic mass is 10.1. The molecule has 0 saturated carbocycles. The van der Waals surface area contributed by atoms with Crippen molar-refractivity contribution in [2.75, 3.05) is 12.1 Å². The van der Waals surface area contributed by atoms with Crippen LogP contribution in [0.5, 0.6) is 11.5 Å². The number of hydrogen-bond acceptors (Lipinski definition) is 5. The zero-order chi connectivity index (χ0) is 16.6. The minimum atomic E-state index is 0.288. The molecule has 0 bridgehead atoms. The van der Waals surface area contributed by atoms with Crippen LogP contribution in [0.4, 0.5) is 5.82 Å². The van der Waals surface area contributed by atoms with Crippen LogP contribution in [0.2, 0.25) is 0 Å². The van der Waals surface area contributed by atoms with Crippen molar-refractivity contribution in [3.05, 3.63) is 66.5 Å². The fourth-order valence-electron chi connectivity index (χ4n) is 3.12. The molecule has 0 unspecified atom stereocenters. The minimum Gasteiger partial charge on any atom is -0.454 e. The highest BCUT2D eigenvalue weighted by Crippen LogP contribution is 2.33. The number of rotatable bonds is 3. The van der Waals surface area contributed by atoms with Gasteiger partial charge in [-0.15, -0.1) is 0 Å². The highest BCUT2D eigenvalue weighted by atomic mass is 16.7. The highest BCUT2D eigenvalue weighted by molar-refractivity contribution is 6.00. The molecular formula is C20H15N3O2. The molecule has 0 amide bonds. The van der Waals surface area contributed by atoms with Crippen molar-refractivity contribution >= 4 is 27.5 Å². The summed E-state index contributed by atoms with van der Waals surface area (Å²) in [5.41, 5.74) is 2.04. The van der Waals surface area contributed by atoms with Crippen LogP contribution in [0, 0.1) is 0 Å². The van der Waals surface area contributed by atoms with E-state index in [0.29, 0.717) is 6.54 Å². The Morgan fingerprint density at radius 2 is 1.72 bits per heavy atom. The molecule has 0 spiro atoms. The standard InChI is InChI=1S/C20H15N3O2/c1-2-4-15-9-17-16(8-14(15)3-1)20(23-11-22-17)21-10-13-5-6-18-19(7-13)25-12-24-18/h1-9,11H,10,12H2,(H,21,22,23). The first-order chi connectivity index (χ1) is 12.4. The zero-order valence-corrected chi connectivity index (χ0v) is 13.4. The molecule has 0 saturated heterocycles. The molecular weight excluding hydrogens is 314 g/mol. The number of aromatic nitrogens is 2. The summed E-state index contributed by atoms with van der Waals surface area (Å²) >= 11 is 0. The average molecular weight is 329 g/mol. The summed E-state index contributed by atoms with van der Waals surface area (Å²) in [6.45, 7) is 0.936. The van der Waals surface area contributed by atoms with E-state index in [2.05, 4.69) is 39.6 Å². The summed E-state index contributed by atoms with van der Waals surface area (Å²) in [6, 6.07) is 18.5. The molecule has 1 aliphatic rings. The second-order valence-electron chi connectivity index (χ2n) is 5.98. The lowest BCUT2D eigenvalue weighted by molar-refractivity contribution is 0.174. The largest absolute Gasteiger partial charge is 0.454 e. The van der Waals surface area contributed by atoms with Crippen LogP contribution in [-0.4, -0.2) is 16.8 Å². The fraction of sp³-hybridized carbons (Fsp3) is 0.100. The molecule has 5 rings (SSSR count). The van der Waals surface area contributed by atoms with Crippen molar-refractivity contribution in [2.45, 2.75) is 6.54 Å². The van der Waals surface area contributed by atoms with Gasteiger partial charge in [0, 0.05) is 11.9 Å². The van der Waals surface area contributed by atoms with Crippen molar-refractivity contribution in [3.8, 4) is 11.5 Å². The third kappa shape index (κ3) is 2.50. The van der Waals surface area contributed by atoms with Gasteiger partial charge in [-0.05, 0) is 40.6 Å². The van der Waals surface area contributed by atoms with E-state index in [9.17, 15) is 0 Å². The molecule has 4 aromatic rings. The summed E-state index contributed by atoms with van der Waals surface area (Å²) in [6.07, 6.45) is 1.60. The number of nitrogens with zero attached hydrogens (tertiary/aromatic N) is 2. The summed E-state index contributed by atoms with van der Waals surface area (Å²) < 4.78 is 10.8. The quantitative estimate of drug-likeness (QED) is 0.573. The van der Waals surface area contributed by atoms with E-state index in [1.54, 1.807) is 6.33 Å². The third-order valence-electron chi connectivity index (χ3n) is 4.40. The van der Waals surface area contributed by atoms with Gasteiger partial charge in [0.2, 0.25) is 6.79 Å². The van der Waals surface area contributed by atoms with Gasteiger partial charge in [0.25, 0.3) is 0 Å². The molecule has 0 radical (unpaired) electrons. The second kappa shape index (κ2) is 5.63. The van der Waals surface area contributed by atoms with Crippen LogP contribution in [0.1, 0.15) is 5.56 Å². The summed E-state index contributed by atoms with van der Waals surface area (Å²) in [4.78, 5) is 8.83. The Kier molecular flexibility index (Phi) is 3.16. The van der Waals surface area contributed by atoms with Crippen molar-refractivity contribution < 1.29 is 9.47 Å². The maximum absolute atomic E-state index is 5.43. The lowest BCUT2D eigenvalue weighted by Gasteiger charge is -2.10. The first-order valence-electron chi connectivity index (χ1n) is 8.13. The summed E-state index contributed by atoms with van der Waals surface area (Å²) in [7, 11) is 0. The summed E-state index contributed by atoms with van der Waals surface area (Å²) in [5, 5.41) is 6.78. The van der Waals surface area contributed by atoms with E-state index in [1.165, 1.54) is 10.8 Å². The maximum Gasteiger partial charge on any atom is 0.231 e. The van der Waals surface area contributed by atoms with Gasteiger partial charge < -0.3 is 14.8 Å². The van der Waals surface area contributed by atoms with Gasteiger partial charge in [-0.1, -0.05) is 30.3 Å². The Balaban J connectivity index is 1.49. The predicted molar refractivity (Wildman–Crippen MR) is 96.9 cm³/mol. The second-order valence-corrected chi connectivity index (χ2v) is 5.98. The van der Waals surface area contributed by atoms with Crippen LogP contribution >= 0.6 is 0 Å². The van der Waals surface area contributed by atoms with Gasteiger partial charge in [0.05, 0.1) is 5.52 Å². The predicted octanol–water partition coefficient (Wildman–Crippen LogP) is 4.12. The molecule has 1 aliphatic heterocycles. The normalized spacial score (nSPS) is 12.6. The topological polar surface area (TPSA) is 56.3 Å². The number of anilines is 1. The SMILES string of the molecule is c1ccc2cc3c(NCc4ccc5c(c4)OCO5)ncnc3cc2c1. The number of nitrogens with one attached hydrogen (secondary N) is 1. The molecule has 0 atom stereocenters. The Morgan fingerprint density at radius 3 is 2.64 bits per heavy atom. The van der Waals surface area contributed by atoms with Gasteiger partial charge >= 0.3 is 0 Å². The van der Waals surface area contributed by atoms with Crippen molar-refractivity contribution in [3.63, 3.8) is 0 Å². The first-order valence-corrected chi connectivity index (χ1v) is 8.13. The molecule has 3 aromatic carbocycles. The van der Waals surface area contributed by atoms with Crippen LogP contribution in [-0.2, 0) is 6.54 Å². The Morgan fingerprint density at radius 1 is 0.880 bits per heavy atom. The highest BCUT2D eigenvalue weighted by Gasteiger charge is 2.13. The van der Waals surface area contributed by atoms with Gasteiger partial charge in [-0.3, -0.25) is 0 Å². The van der Waals surface area contributed by atoms with Gasteiger partial charge in [0.15, 0.2) is 11.5 Å². The lowest BCUT2D eigenvalue weighted by Crippen LogP contribution is -2.02. The molecule has 0 aliphatic carbocycles. The maximum atomic E-state index is 5.43. The first kappa shape index (κ1) is 14.0. The number of hydrogen-bond donors (Lipinski definition) is 1.